The molecule has 0 aliphatic heterocycles. The number of anilines is 1. The zero-order chi connectivity index (χ0) is 13.2. The van der Waals surface area contributed by atoms with Gasteiger partial charge in [0, 0.05) is 24.8 Å². The van der Waals surface area contributed by atoms with E-state index in [4.69, 9.17) is 11.1 Å². The predicted molar refractivity (Wildman–Crippen MR) is 72.7 cm³/mol. The van der Waals surface area contributed by atoms with E-state index in [0.29, 0.717) is 0 Å². The van der Waals surface area contributed by atoms with E-state index in [1.54, 1.807) is 0 Å². The van der Waals surface area contributed by atoms with Crippen LogP contribution in [0.4, 0.5) is 5.82 Å². The lowest BCUT2D eigenvalue weighted by Gasteiger charge is -2.27. The second-order valence-electron chi connectivity index (χ2n) is 5.69. The molecule has 1 heterocycles. The zero-order valence-electron chi connectivity index (χ0n) is 11.3. The molecule has 0 amide bonds. The molecule has 1 rings (SSSR count). The molecule has 0 atom stereocenters. The van der Waals surface area contributed by atoms with Crippen molar-refractivity contribution in [3.63, 3.8) is 0 Å². The minimum atomic E-state index is 0.0842. The summed E-state index contributed by atoms with van der Waals surface area (Å²) in [6, 6.07) is 3.69. The third-order valence-corrected chi connectivity index (χ3v) is 2.35. The van der Waals surface area contributed by atoms with Gasteiger partial charge in [-0.05, 0) is 24.5 Å². The van der Waals surface area contributed by atoms with Gasteiger partial charge >= 0.3 is 0 Å². The highest BCUT2D eigenvalue weighted by molar-refractivity contribution is 5.95. The highest BCUT2D eigenvalue weighted by Gasteiger charge is 2.15. The molecule has 94 valence electrons. The maximum Gasteiger partial charge on any atom is 0.129 e. The lowest BCUT2D eigenvalue weighted by Crippen LogP contribution is -2.30. The first-order valence-electron chi connectivity index (χ1n) is 5.73. The summed E-state index contributed by atoms with van der Waals surface area (Å²) < 4.78 is 0. The summed E-state index contributed by atoms with van der Waals surface area (Å²) in [4.78, 5) is 6.57. The Kier molecular flexibility index (Phi) is 3.76. The number of nitrogen functional groups attached to an aromatic ring is 1. The minimum Gasteiger partial charge on any atom is -0.384 e. The molecular weight excluding hydrogens is 212 g/mol. The van der Waals surface area contributed by atoms with Crippen LogP contribution in [0.25, 0.3) is 0 Å². The Morgan fingerprint density at radius 1 is 1.41 bits per heavy atom. The van der Waals surface area contributed by atoms with Gasteiger partial charge in [0.05, 0.1) is 0 Å². The van der Waals surface area contributed by atoms with Crippen molar-refractivity contribution >= 4 is 11.7 Å². The van der Waals surface area contributed by atoms with Crippen LogP contribution in [0.3, 0.4) is 0 Å². The molecule has 0 bridgehead atoms. The number of aryl methyl sites for hydroxylation is 1. The number of hydrogen-bond donors (Lipinski definition) is 2. The van der Waals surface area contributed by atoms with Crippen LogP contribution in [0.5, 0.6) is 0 Å². The fourth-order valence-corrected chi connectivity index (χ4v) is 1.79. The van der Waals surface area contributed by atoms with Crippen LogP contribution in [-0.2, 0) is 0 Å². The van der Waals surface area contributed by atoms with E-state index in [-0.39, 0.29) is 11.3 Å². The number of hydrogen-bond acceptors (Lipinski definition) is 3. The summed E-state index contributed by atoms with van der Waals surface area (Å²) in [7, 11) is 2.01. The SMILES string of the molecule is Cc1cc(C(=N)N)cc(N(C)CC(C)(C)C)n1. The van der Waals surface area contributed by atoms with Gasteiger partial charge in [0.1, 0.15) is 11.7 Å². The number of rotatable bonds is 3. The zero-order valence-corrected chi connectivity index (χ0v) is 11.3. The van der Waals surface area contributed by atoms with Gasteiger partial charge in [0.15, 0.2) is 0 Å². The van der Waals surface area contributed by atoms with E-state index in [1.807, 2.05) is 26.1 Å². The fourth-order valence-electron chi connectivity index (χ4n) is 1.79. The Labute approximate surface area is 103 Å². The standard InChI is InChI=1S/C13H22N4/c1-9-6-10(12(14)15)7-11(16-9)17(5)8-13(2,3)4/h6-7H,8H2,1-5H3,(H3,14,15). The third kappa shape index (κ3) is 4.06. The highest BCUT2D eigenvalue weighted by atomic mass is 15.2. The Balaban J connectivity index is 3.01. The van der Waals surface area contributed by atoms with E-state index < -0.39 is 0 Å². The van der Waals surface area contributed by atoms with Crippen LogP contribution >= 0.6 is 0 Å². The number of nitrogens with zero attached hydrogens (tertiary/aromatic N) is 2. The molecule has 0 aromatic carbocycles. The van der Waals surface area contributed by atoms with Crippen LogP contribution in [0.15, 0.2) is 12.1 Å². The molecule has 0 aliphatic carbocycles. The molecule has 0 saturated heterocycles. The first-order valence-corrected chi connectivity index (χ1v) is 5.73. The number of nitrogens with two attached hydrogens (primary N) is 1. The van der Waals surface area contributed by atoms with Crippen molar-refractivity contribution in [1.29, 1.82) is 5.41 Å². The van der Waals surface area contributed by atoms with Crippen molar-refractivity contribution in [2.24, 2.45) is 11.1 Å². The molecule has 0 unspecified atom stereocenters. The molecule has 1 aromatic rings. The summed E-state index contributed by atoms with van der Waals surface area (Å²) in [6.07, 6.45) is 0. The van der Waals surface area contributed by atoms with Gasteiger partial charge in [0.25, 0.3) is 0 Å². The van der Waals surface area contributed by atoms with Crippen LogP contribution < -0.4 is 10.6 Å². The number of aromatic nitrogens is 1. The largest absolute Gasteiger partial charge is 0.384 e. The predicted octanol–water partition coefficient (Wildman–Crippen LogP) is 2.16. The number of pyridine rings is 1. The van der Waals surface area contributed by atoms with E-state index >= 15 is 0 Å². The van der Waals surface area contributed by atoms with E-state index in [9.17, 15) is 0 Å². The lowest BCUT2D eigenvalue weighted by atomic mass is 9.96. The Morgan fingerprint density at radius 2 is 2.00 bits per heavy atom. The van der Waals surface area contributed by atoms with Gasteiger partial charge < -0.3 is 10.6 Å². The smallest absolute Gasteiger partial charge is 0.129 e. The maximum atomic E-state index is 7.48. The van der Waals surface area contributed by atoms with Gasteiger partial charge in [-0.15, -0.1) is 0 Å². The normalized spacial score (nSPS) is 11.4. The first kappa shape index (κ1) is 13.5. The van der Waals surface area contributed by atoms with Crippen LogP contribution in [-0.4, -0.2) is 24.4 Å². The summed E-state index contributed by atoms with van der Waals surface area (Å²) in [5.74, 6) is 0.950. The van der Waals surface area contributed by atoms with E-state index in [1.165, 1.54) is 0 Å². The molecule has 0 radical (unpaired) electrons. The van der Waals surface area contributed by atoms with Crippen LogP contribution in [0, 0.1) is 17.7 Å². The Bertz CT molecular complexity index is 418. The highest BCUT2D eigenvalue weighted by Crippen LogP contribution is 2.20. The van der Waals surface area contributed by atoms with Crippen LogP contribution in [0.2, 0.25) is 0 Å². The molecule has 4 heteroatoms. The number of nitrogens with one attached hydrogen (secondary N) is 1. The monoisotopic (exact) mass is 234 g/mol. The number of amidine groups is 1. The summed E-state index contributed by atoms with van der Waals surface area (Å²) in [5, 5.41) is 7.48. The summed E-state index contributed by atoms with van der Waals surface area (Å²) >= 11 is 0. The second kappa shape index (κ2) is 4.73. The van der Waals surface area contributed by atoms with Gasteiger partial charge in [-0.25, -0.2) is 4.98 Å². The summed E-state index contributed by atoms with van der Waals surface area (Å²) in [5.41, 5.74) is 7.33. The van der Waals surface area contributed by atoms with Crippen molar-refractivity contribution in [3.8, 4) is 0 Å². The fraction of sp³-hybridized carbons (Fsp3) is 0.538. The molecule has 3 N–H and O–H groups in total. The minimum absolute atomic E-state index is 0.0842. The summed E-state index contributed by atoms with van der Waals surface area (Å²) in [6.45, 7) is 9.38. The van der Waals surface area contributed by atoms with Crippen molar-refractivity contribution in [1.82, 2.24) is 4.98 Å². The quantitative estimate of drug-likeness (QED) is 0.622. The second-order valence-corrected chi connectivity index (χ2v) is 5.69. The molecule has 1 aromatic heterocycles. The average Bonchev–Trinajstić information content (AvgIpc) is 2.13. The average molecular weight is 234 g/mol. The van der Waals surface area contributed by atoms with Crippen LogP contribution in [0.1, 0.15) is 32.0 Å². The molecular formula is C13H22N4. The van der Waals surface area contributed by atoms with Gasteiger partial charge in [-0.3, -0.25) is 5.41 Å². The van der Waals surface area contributed by atoms with Crippen molar-refractivity contribution in [2.45, 2.75) is 27.7 Å². The van der Waals surface area contributed by atoms with Gasteiger partial charge in [-0.2, -0.15) is 0 Å². The Morgan fingerprint density at radius 3 is 2.47 bits per heavy atom. The third-order valence-electron chi connectivity index (χ3n) is 2.35. The molecule has 0 fully saturated rings. The van der Waals surface area contributed by atoms with Gasteiger partial charge in [0.2, 0.25) is 0 Å². The Hall–Kier alpha value is -1.58. The van der Waals surface area contributed by atoms with Crippen molar-refractivity contribution in [2.75, 3.05) is 18.5 Å². The van der Waals surface area contributed by atoms with Crippen molar-refractivity contribution in [3.05, 3.63) is 23.4 Å². The van der Waals surface area contributed by atoms with E-state index in [0.717, 1.165) is 23.6 Å². The van der Waals surface area contributed by atoms with E-state index in [2.05, 4.69) is 30.7 Å². The maximum absolute atomic E-state index is 7.48. The molecule has 0 spiro atoms. The van der Waals surface area contributed by atoms with Crippen molar-refractivity contribution < 1.29 is 0 Å². The molecule has 4 nitrogen and oxygen atoms in total. The molecule has 17 heavy (non-hydrogen) atoms. The molecule has 0 saturated carbocycles. The first-order chi connectivity index (χ1) is 7.69. The topological polar surface area (TPSA) is 66.0 Å². The lowest BCUT2D eigenvalue weighted by molar-refractivity contribution is 0.417. The van der Waals surface area contributed by atoms with Gasteiger partial charge in [-0.1, -0.05) is 20.8 Å². The molecule has 0 aliphatic rings.